The molecule has 2 fully saturated rings. The number of nitro groups is 1. The Bertz CT molecular complexity index is 1590. The molecule has 0 aromatic heterocycles. The maximum absolute atomic E-state index is 14.1. The number of nitro benzene ring substituents is 1. The van der Waals surface area contributed by atoms with Gasteiger partial charge in [0.25, 0.3) is 5.69 Å². The van der Waals surface area contributed by atoms with E-state index in [1.165, 1.54) is 18.2 Å². The molecular formula is C28H19BrClN3O5. The Hall–Kier alpha value is -3.82. The van der Waals surface area contributed by atoms with Gasteiger partial charge in [0.05, 0.1) is 28.5 Å². The highest BCUT2D eigenvalue weighted by molar-refractivity contribution is 9.10. The lowest BCUT2D eigenvalue weighted by Gasteiger charge is -2.36. The number of aryl methyl sites for hydroxylation is 1. The van der Waals surface area contributed by atoms with E-state index in [-0.39, 0.29) is 17.2 Å². The SMILES string of the molecule is Cc1cc([N+](=O)[O-])ccc1N1C(=O)[C@@H]2[C@H](C1=O)[C@H](C(=O)c1ccc(Br)cc1)N1c3cc(Cl)ccc3C=C[C@@H]21. The van der Waals surface area contributed by atoms with Crippen molar-refractivity contribution in [1.29, 1.82) is 0 Å². The van der Waals surface area contributed by atoms with Crippen molar-refractivity contribution in [3.63, 3.8) is 0 Å². The minimum absolute atomic E-state index is 0.135. The Morgan fingerprint density at radius 3 is 2.37 bits per heavy atom. The van der Waals surface area contributed by atoms with E-state index in [9.17, 15) is 24.5 Å². The third kappa shape index (κ3) is 3.60. The number of hydrogen-bond donors (Lipinski definition) is 0. The first-order chi connectivity index (χ1) is 18.2. The van der Waals surface area contributed by atoms with E-state index in [0.29, 0.717) is 21.8 Å². The summed E-state index contributed by atoms with van der Waals surface area (Å²) >= 11 is 9.72. The smallest absolute Gasteiger partial charge is 0.269 e. The van der Waals surface area contributed by atoms with Crippen LogP contribution < -0.4 is 9.80 Å². The number of benzene rings is 3. The highest BCUT2D eigenvalue weighted by atomic mass is 79.9. The topological polar surface area (TPSA) is 101 Å². The van der Waals surface area contributed by atoms with Gasteiger partial charge in [-0.15, -0.1) is 0 Å². The van der Waals surface area contributed by atoms with Crippen molar-refractivity contribution in [3.8, 4) is 0 Å². The van der Waals surface area contributed by atoms with Crippen molar-refractivity contribution >= 4 is 68.3 Å². The van der Waals surface area contributed by atoms with Crippen LogP contribution in [0.3, 0.4) is 0 Å². The molecule has 3 heterocycles. The van der Waals surface area contributed by atoms with Crippen LogP contribution >= 0.6 is 27.5 Å². The number of nitrogens with zero attached hydrogens (tertiary/aromatic N) is 3. The zero-order valence-electron chi connectivity index (χ0n) is 19.9. The van der Waals surface area contributed by atoms with E-state index in [1.54, 1.807) is 43.3 Å². The number of anilines is 2. The lowest BCUT2D eigenvalue weighted by Crippen LogP contribution is -2.49. The predicted molar refractivity (Wildman–Crippen MR) is 146 cm³/mol. The molecular weight excluding hydrogens is 574 g/mol. The third-order valence-corrected chi connectivity index (χ3v) is 8.26. The standard InChI is InChI=1S/C28H19BrClN3O5/c1-14-12-19(33(37)38)9-11-20(14)32-27(35)23-21-10-5-15-4-8-18(30)13-22(15)31(21)25(24(23)28(32)36)26(34)16-2-6-17(29)7-3-16/h2-13,21,23-25H,1H3/t21-,23-,24-,25+/m0/s1. The fourth-order valence-corrected chi connectivity index (χ4v) is 6.29. The lowest BCUT2D eigenvalue weighted by molar-refractivity contribution is -0.384. The Balaban J connectivity index is 1.49. The largest absolute Gasteiger partial charge is 0.352 e. The highest BCUT2D eigenvalue weighted by Crippen LogP contribution is 2.50. The average Bonchev–Trinajstić information content (AvgIpc) is 3.37. The van der Waals surface area contributed by atoms with Gasteiger partial charge in [-0.1, -0.05) is 57.9 Å². The molecule has 0 N–H and O–H groups in total. The van der Waals surface area contributed by atoms with Crippen molar-refractivity contribution in [1.82, 2.24) is 0 Å². The van der Waals surface area contributed by atoms with Crippen LogP contribution in [0.2, 0.25) is 5.02 Å². The maximum atomic E-state index is 14.1. The molecule has 0 unspecified atom stereocenters. The van der Waals surface area contributed by atoms with E-state index in [1.807, 2.05) is 23.1 Å². The van der Waals surface area contributed by atoms with Gasteiger partial charge >= 0.3 is 0 Å². The van der Waals surface area contributed by atoms with Gasteiger partial charge in [0.15, 0.2) is 5.78 Å². The van der Waals surface area contributed by atoms with Gasteiger partial charge in [-0.2, -0.15) is 0 Å². The Morgan fingerprint density at radius 1 is 0.974 bits per heavy atom. The van der Waals surface area contributed by atoms with Gasteiger partial charge in [-0.3, -0.25) is 24.5 Å². The zero-order valence-corrected chi connectivity index (χ0v) is 22.2. The first-order valence-electron chi connectivity index (χ1n) is 11.9. The average molecular weight is 593 g/mol. The molecule has 2 amide bonds. The van der Waals surface area contributed by atoms with Gasteiger partial charge in [-0.05, 0) is 48.4 Å². The van der Waals surface area contributed by atoms with Gasteiger partial charge in [0.1, 0.15) is 6.04 Å². The van der Waals surface area contributed by atoms with E-state index >= 15 is 0 Å². The van der Waals surface area contributed by atoms with Crippen molar-refractivity contribution in [2.24, 2.45) is 11.8 Å². The number of non-ortho nitro benzene ring substituents is 1. The second-order valence-electron chi connectivity index (χ2n) is 9.57. The van der Waals surface area contributed by atoms with E-state index < -0.39 is 40.7 Å². The van der Waals surface area contributed by atoms with E-state index in [0.717, 1.165) is 14.9 Å². The summed E-state index contributed by atoms with van der Waals surface area (Å²) in [5.74, 6) is -2.98. The monoisotopic (exact) mass is 591 g/mol. The fraction of sp³-hybridized carbons (Fsp3) is 0.179. The maximum Gasteiger partial charge on any atom is 0.269 e. The first-order valence-corrected chi connectivity index (χ1v) is 13.0. The molecule has 190 valence electrons. The predicted octanol–water partition coefficient (Wildman–Crippen LogP) is 5.59. The molecule has 4 atom stereocenters. The fourth-order valence-electron chi connectivity index (χ4n) is 5.86. The number of amides is 2. The molecule has 0 bridgehead atoms. The molecule has 10 heteroatoms. The summed E-state index contributed by atoms with van der Waals surface area (Å²) in [6, 6.07) is 14.8. The summed E-state index contributed by atoms with van der Waals surface area (Å²) in [4.78, 5) is 55.7. The van der Waals surface area contributed by atoms with Gasteiger partial charge in [0.2, 0.25) is 11.8 Å². The third-order valence-electron chi connectivity index (χ3n) is 7.50. The second-order valence-corrected chi connectivity index (χ2v) is 10.9. The Morgan fingerprint density at radius 2 is 1.68 bits per heavy atom. The molecule has 3 aromatic carbocycles. The molecule has 3 aliphatic heterocycles. The number of fused-ring (bicyclic) bond motifs is 5. The summed E-state index contributed by atoms with van der Waals surface area (Å²) < 4.78 is 0.807. The van der Waals surface area contributed by atoms with Crippen LogP contribution in [0.25, 0.3) is 6.08 Å². The molecule has 3 aromatic rings. The Kier molecular flexibility index (Phi) is 5.73. The number of hydrogen-bond acceptors (Lipinski definition) is 6. The van der Waals surface area contributed by atoms with Crippen molar-refractivity contribution < 1.29 is 19.3 Å². The number of ketones is 1. The van der Waals surface area contributed by atoms with Crippen LogP contribution in [-0.4, -0.2) is 34.6 Å². The zero-order chi connectivity index (χ0) is 26.9. The molecule has 0 aliphatic carbocycles. The molecule has 0 spiro atoms. The number of imide groups is 1. The lowest BCUT2D eigenvalue weighted by atomic mass is 9.86. The molecule has 3 aliphatic rings. The Labute approximate surface area is 230 Å². The van der Waals surface area contributed by atoms with Crippen LogP contribution in [0.5, 0.6) is 0 Å². The molecule has 8 nitrogen and oxygen atoms in total. The van der Waals surface area contributed by atoms with E-state index in [2.05, 4.69) is 15.9 Å². The molecule has 0 saturated carbocycles. The van der Waals surface area contributed by atoms with Crippen LogP contribution in [0.1, 0.15) is 21.5 Å². The number of rotatable bonds is 4. The summed E-state index contributed by atoms with van der Waals surface area (Å²) in [6.07, 6.45) is 3.74. The number of carbonyl (C=O) groups excluding carboxylic acids is 3. The number of Topliss-reactive ketones (excluding diaryl/α,β-unsaturated/α-hetero) is 1. The highest BCUT2D eigenvalue weighted by Gasteiger charge is 2.64. The van der Waals surface area contributed by atoms with Crippen LogP contribution in [0.4, 0.5) is 17.1 Å². The molecule has 0 radical (unpaired) electrons. The minimum atomic E-state index is -0.951. The number of carbonyl (C=O) groups is 3. The summed E-state index contributed by atoms with van der Waals surface area (Å²) in [6.45, 7) is 1.62. The van der Waals surface area contributed by atoms with Gasteiger partial charge in [0, 0.05) is 32.9 Å². The summed E-state index contributed by atoms with van der Waals surface area (Å²) in [7, 11) is 0. The molecule has 2 saturated heterocycles. The molecule has 38 heavy (non-hydrogen) atoms. The van der Waals surface area contributed by atoms with Crippen LogP contribution in [-0.2, 0) is 9.59 Å². The van der Waals surface area contributed by atoms with Crippen molar-refractivity contribution in [2.75, 3.05) is 9.80 Å². The van der Waals surface area contributed by atoms with E-state index in [4.69, 9.17) is 11.6 Å². The minimum Gasteiger partial charge on any atom is -0.352 e. The van der Waals surface area contributed by atoms with Crippen molar-refractivity contribution in [2.45, 2.75) is 19.0 Å². The second kappa shape index (κ2) is 8.89. The van der Waals surface area contributed by atoms with Gasteiger partial charge in [-0.25, -0.2) is 4.90 Å². The van der Waals surface area contributed by atoms with Crippen LogP contribution in [0, 0.1) is 28.9 Å². The van der Waals surface area contributed by atoms with Crippen LogP contribution in [0.15, 0.2) is 71.2 Å². The van der Waals surface area contributed by atoms with Gasteiger partial charge < -0.3 is 4.90 Å². The first kappa shape index (κ1) is 24.5. The summed E-state index contributed by atoms with van der Waals surface area (Å²) in [5.41, 5.74) is 2.51. The molecule has 6 rings (SSSR count). The quantitative estimate of drug-likeness (QED) is 0.169. The normalized spacial score (nSPS) is 23.3. The summed E-state index contributed by atoms with van der Waals surface area (Å²) in [5, 5.41) is 11.7. The number of halogens is 2. The van der Waals surface area contributed by atoms with Crippen molar-refractivity contribution in [3.05, 3.63) is 103 Å².